The predicted octanol–water partition coefficient (Wildman–Crippen LogP) is 2.44. The van der Waals surface area contributed by atoms with Crippen molar-refractivity contribution in [2.24, 2.45) is 0 Å². The molecule has 0 saturated carbocycles. The number of esters is 1. The summed E-state index contributed by atoms with van der Waals surface area (Å²) >= 11 is 0. The number of ether oxygens (including phenoxy) is 1. The molecule has 0 radical (unpaired) electrons. The zero-order valence-electron chi connectivity index (χ0n) is 7.80. The van der Waals surface area contributed by atoms with E-state index < -0.39 is 0 Å². The lowest BCUT2D eigenvalue weighted by Gasteiger charge is -2.10. The standard InChI is InChI=1S/C10H16O2/c1-8(2)7-9-5-3-4-6-10(11)12-9/h7,9H,3-6H2,1-2H3. The molecule has 1 aliphatic rings. The number of hydrogen-bond donors (Lipinski definition) is 0. The highest BCUT2D eigenvalue weighted by Crippen LogP contribution is 2.16. The molecule has 1 saturated heterocycles. The Labute approximate surface area is 73.6 Å². The highest BCUT2D eigenvalue weighted by atomic mass is 16.5. The van der Waals surface area contributed by atoms with Crippen LogP contribution in [0.3, 0.4) is 0 Å². The SMILES string of the molecule is CC(C)=CC1CCCCC(=O)O1. The first-order chi connectivity index (χ1) is 5.68. The maximum atomic E-state index is 11.0. The molecule has 1 atom stereocenters. The van der Waals surface area contributed by atoms with Gasteiger partial charge < -0.3 is 4.74 Å². The maximum absolute atomic E-state index is 11.0. The number of rotatable bonds is 1. The Hall–Kier alpha value is -0.790. The molecule has 12 heavy (non-hydrogen) atoms. The third-order valence-electron chi connectivity index (χ3n) is 1.92. The molecule has 0 aromatic rings. The third kappa shape index (κ3) is 3.07. The Morgan fingerprint density at radius 3 is 2.92 bits per heavy atom. The van der Waals surface area contributed by atoms with Crippen molar-refractivity contribution in [3.63, 3.8) is 0 Å². The molecule has 0 amide bonds. The van der Waals surface area contributed by atoms with Gasteiger partial charge in [0.05, 0.1) is 0 Å². The minimum Gasteiger partial charge on any atom is -0.458 e. The van der Waals surface area contributed by atoms with Gasteiger partial charge in [0.1, 0.15) is 6.10 Å². The molecule has 1 aliphatic heterocycles. The van der Waals surface area contributed by atoms with Gasteiger partial charge in [0, 0.05) is 6.42 Å². The van der Waals surface area contributed by atoms with E-state index in [2.05, 4.69) is 0 Å². The fourth-order valence-electron chi connectivity index (χ4n) is 1.39. The first-order valence-corrected chi connectivity index (χ1v) is 4.53. The summed E-state index contributed by atoms with van der Waals surface area (Å²) in [5.74, 6) is -0.0463. The molecule has 2 heteroatoms. The van der Waals surface area contributed by atoms with Crippen molar-refractivity contribution in [2.75, 3.05) is 0 Å². The summed E-state index contributed by atoms with van der Waals surface area (Å²) < 4.78 is 5.21. The van der Waals surface area contributed by atoms with E-state index >= 15 is 0 Å². The summed E-state index contributed by atoms with van der Waals surface area (Å²) in [6.45, 7) is 4.05. The van der Waals surface area contributed by atoms with Crippen LogP contribution in [0.5, 0.6) is 0 Å². The van der Waals surface area contributed by atoms with E-state index in [0.29, 0.717) is 6.42 Å². The van der Waals surface area contributed by atoms with Crippen molar-refractivity contribution >= 4 is 5.97 Å². The van der Waals surface area contributed by atoms with Crippen LogP contribution in [0.4, 0.5) is 0 Å². The van der Waals surface area contributed by atoms with Crippen LogP contribution in [0.25, 0.3) is 0 Å². The molecule has 2 nitrogen and oxygen atoms in total. The van der Waals surface area contributed by atoms with Gasteiger partial charge >= 0.3 is 5.97 Å². The lowest BCUT2D eigenvalue weighted by molar-refractivity contribution is -0.145. The summed E-state index contributed by atoms with van der Waals surface area (Å²) in [7, 11) is 0. The third-order valence-corrected chi connectivity index (χ3v) is 1.92. The van der Waals surface area contributed by atoms with Crippen molar-refractivity contribution in [3.8, 4) is 0 Å². The maximum Gasteiger partial charge on any atom is 0.306 e. The second-order valence-corrected chi connectivity index (χ2v) is 3.52. The minimum atomic E-state index is -0.0463. The van der Waals surface area contributed by atoms with Gasteiger partial charge in [0.2, 0.25) is 0 Å². The smallest absolute Gasteiger partial charge is 0.306 e. The molecule has 0 N–H and O–H groups in total. The molecule has 0 spiro atoms. The monoisotopic (exact) mass is 168 g/mol. The molecule has 1 fully saturated rings. The minimum absolute atomic E-state index is 0.0324. The van der Waals surface area contributed by atoms with E-state index in [1.54, 1.807) is 0 Å². The zero-order valence-corrected chi connectivity index (χ0v) is 7.80. The molecule has 0 aromatic carbocycles. The molecule has 1 unspecified atom stereocenters. The van der Waals surface area contributed by atoms with Gasteiger partial charge in [-0.1, -0.05) is 5.57 Å². The van der Waals surface area contributed by atoms with Crippen molar-refractivity contribution < 1.29 is 9.53 Å². The quantitative estimate of drug-likeness (QED) is 0.444. The van der Waals surface area contributed by atoms with Crippen molar-refractivity contribution in [1.29, 1.82) is 0 Å². The topological polar surface area (TPSA) is 26.3 Å². The van der Waals surface area contributed by atoms with Gasteiger partial charge in [0.25, 0.3) is 0 Å². The molecule has 68 valence electrons. The second kappa shape index (κ2) is 4.29. The van der Waals surface area contributed by atoms with Crippen LogP contribution in [0, 0.1) is 0 Å². The fraction of sp³-hybridized carbons (Fsp3) is 0.700. The van der Waals surface area contributed by atoms with Crippen molar-refractivity contribution in [2.45, 2.75) is 45.6 Å². The average molecular weight is 168 g/mol. The number of carbonyl (C=O) groups excluding carboxylic acids is 1. The van der Waals surface area contributed by atoms with E-state index in [9.17, 15) is 4.79 Å². The summed E-state index contributed by atoms with van der Waals surface area (Å²) in [6.07, 6.45) is 5.71. The summed E-state index contributed by atoms with van der Waals surface area (Å²) in [4.78, 5) is 11.0. The molecule has 0 aromatic heterocycles. The van der Waals surface area contributed by atoms with Gasteiger partial charge in [-0.15, -0.1) is 0 Å². The fourth-order valence-corrected chi connectivity index (χ4v) is 1.39. The van der Waals surface area contributed by atoms with E-state index in [1.807, 2.05) is 19.9 Å². The highest BCUT2D eigenvalue weighted by Gasteiger charge is 2.15. The predicted molar refractivity (Wildman–Crippen MR) is 47.8 cm³/mol. The largest absolute Gasteiger partial charge is 0.458 e. The number of cyclic esters (lactones) is 1. The number of carbonyl (C=O) groups is 1. The average Bonchev–Trinajstić information content (AvgIpc) is 2.12. The summed E-state index contributed by atoms with van der Waals surface area (Å²) in [6, 6.07) is 0. The zero-order chi connectivity index (χ0) is 8.97. The van der Waals surface area contributed by atoms with Gasteiger partial charge in [0.15, 0.2) is 0 Å². The first kappa shape index (κ1) is 9.30. The molecular weight excluding hydrogens is 152 g/mol. The number of allylic oxidation sites excluding steroid dienone is 1. The van der Waals surface area contributed by atoms with E-state index in [0.717, 1.165) is 19.3 Å². The van der Waals surface area contributed by atoms with Crippen LogP contribution in [-0.2, 0) is 9.53 Å². The molecule has 1 heterocycles. The van der Waals surface area contributed by atoms with E-state index in [-0.39, 0.29) is 12.1 Å². The lowest BCUT2D eigenvalue weighted by Crippen LogP contribution is -2.12. The van der Waals surface area contributed by atoms with Crippen LogP contribution in [-0.4, -0.2) is 12.1 Å². The van der Waals surface area contributed by atoms with Crippen molar-refractivity contribution in [1.82, 2.24) is 0 Å². The Morgan fingerprint density at radius 1 is 1.50 bits per heavy atom. The summed E-state index contributed by atoms with van der Waals surface area (Å²) in [5, 5.41) is 0. The highest BCUT2D eigenvalue weighted by molar-refractivity contribution is 5.69. The Kier molecular flexibility index (Phi) is 3.32. The van der Waals surface area contributed by atoms with Crippen LogP contribution in [0.1, 0.15) is 39.5 Å². The van der Waals surface area contributed by atoms with Crippen LogP contribution < -0.4 is 0 Å². The van der Waals surface area contributed by atoms with E-state index in [1.165, 1.54) is 5.57 Å². The van der Waals surface area contributed by atoms with Gasteiger partial charge in [-0.2, -0.15) is 0 Å². The van der Waals surface area contributed by atoms with E-state index in [4.69, 9.17) is 4.74 Å². The lowest BCUT2D eigenvalue weighted by atomic mass is 10.1. The first-order valence-electron chi connectivity index (χ1n) is 4.53. The Bertz CT molecular complexity index is 190. The van der Waals surface area contributed by atoms with Crippen LogP contribution in [0.2, 0.25) is 0 Å². The van der Waals surface area contributed by atoms with Gasteiger partial charge in [-0.3, -0.25) is 4.79 Å². The number of hydrogen-bond acceptors (Lipinski definition) is 2. The molecule has 1 rings (SSSR count). The molecule has 0 bridgehead atoms. The van der Waals surface area contributed by atoms with Crippen LogP contribution >= 0.6 is 0 Å². The van der Waals surface area contributed by atoms with Gasteiger partial charge in [-0.25, -0.2) is 0 Å². The molecule has 0 aliphatic carbocycles. The Morgan fingerprint density at radius 2 is 2.25 bits per heavy atom. The van der Waals surface area contributed by atoms with Gasteiger partial charge in [-0.05, 0) is 39.2 Å². The molecular formula is C10H16O2. The normalized spacial score (nSPS) is 24.2. The van der Waals surface area contributed by atoms with Crippen LogP contribution in [0.15, 0.2) is 11.6 Å². The Balaban J connectivity index is 2.52. The summed E-state index contributed by atoms with van der Waals surface area (Å²) in [5.41, 5.74) is 1.22. The second-order valence-electron chi connectivity index (χ2n) is 3.52. The van der Waals surface area contributed by atoms with Crippen molar-refractivity contribution in [3.05, 3.63) is 11.6 Å².